The predicted molar refractivity (Wildman–Crippen MR) is 46.9 cm³/mol. The van der Waals surface area contributed by atoms with E-state index in [4.69, 9.17) is 10.3 Å². The van der Waals surface area contributed by atoms with Crippen LogP contribution >= 0.6 is 0 Å². The van der Waals surface area contributed by atoms with Gasteiger partial charge in [0, 0.05) is 0 Å². The molecule has 0 amide bonds. The van der Waals surface area contributed by atoms with Gasteiger partial charge >= 0.3 is 0 Å². The molecule has 2 heterocycles. The van der Waals surface area contributed by atoms with E-state index in [0.29, 0.717) is 17.4 Å². The van der Waals surface area contributed by atoms with Gasteiger partial charge in [-0.1, -0.05) is 12.1 Å². The first-order valence-electron chi connectivity index (χ1n) is 4.26. The number of hydrogen-bond acceptors (Lipinski definition) is 6. The second-order valence-electron chi connectivity index (χ2n) is 2.83. The number of rotatable bonds is 3. The summed E-state index contributed by atoms with van der Waals surface area (Å²) in [6.07, 6.45) is 2.27. The molecular formula is C7H10N6O. The number of nitrogens with two attached hydrogens (primary N) is 1. The average molecular weight is 194 g/mol. The molecule has 1 unspecified atom stereocenters. The van der Waals surface area contributed by atoms with Crippen LogP contribution in [0, 0.1) is 0 Å². The quantitative estimate of drug-likeness (QED) is 0.726. The summed E-state index contributed by atoms with van der Waals surface area (Å²) in [6, 6.07) is -0.195. The van der Waals surface area contributed by atoms with Crippen molar-refractivity contribution in [3.05, 3.63) is 12.0 Å². The fourth-order valence-electron chi connectivity index (χ4n) is 0.977. The van der Waals surface area contributed by atoms with Gasteiger partial charge in [-0.05, 0) is 6.42 Å². The second kappa shape index (κ2) is 3.54. The van der Waals surface area contributed by atoms with Crippen LogP contribution in [0.25, 0.3) is 11.6 Å². The molecule has 0 aliphatic heterocycles. The van der Waals surface area contributed by atoms with Crippen molar-refractivity contribution in [1.29, 1.82) is 0 Å². The molecule has 3 N–H and O–H groups in total. The van der Waals surface area contributed by atoms with Crippen LogP contribution in [0.1, 0.15) is 25.2 Å². The van der Waals surface area contributed by atoms with Crippen molar-refractivity contribution in [1.82, 2.24) is 25.6 Å². The number of aromatic nitrogens is 5. The van der Waals surface area contributed by atoms with Gasteiger partial charge in [0.1, 0.15) is 0 Å². The van der Waals surface area contributed by atoms with E-state index >= 15 is 0 Å². The van der Waals surface area contributed by atoms with E-state index in [0.717, 1.165) is 6.42 Å². The van der Waals surface area contributed by atoms with Crippen LogP contribution in [-0.4, -0.2) is 25.6 Å². The summed E-state index contributed by atoms with van der Waals surface area (Å²) in [4.78, 5) is 4.10. The van der Waals surface area contributed by atoms with Gasteiger partial charge in [-0.2, -0.15) is 20.4 Å². The van der Waals surface area contributed by atoms with Gasteiger partial charge in [0.2, 0.25) is 0 Å². The fraction of sp³-hybridized carbons (Fsp3) is 0.429. The largest absolute Gasteiger partial charge is 0.332 e. The molecule has 0 fully saturated rings. The molecule has 0 saturated carbocycles. The lowest BCUT2D eigenvalue weighted by Gasteiger charge is -1.98. The number of hydrogen-bond donors (Lipinski definition) is 2. The number of nitrogens with one attached hydrogen (secondary N) is 1. The molecule has 14 heavy (non-hydrogen) atoms. The van der Waals surface area contributed by atoms with Gasteiger partial charge in [-0.25, -0.2) is 0 Å². The van der Waals surface area contributed by atoms with Crippen LogP contribution in [0.2, 0.25) is 0 Å². The zero-order chi connectivity index (χ0) is 9.97. The van der Waals surface area contributed by atoms with E-state index < -0.39 is 0 Å². The Balaban J connectivity index is 2.26. The maximum atomic E-state index is 5.73. The smallest absolute Gasteiger partial charge is 0.280 e. The van der Waals surface area contributed by atoms with Crippen molar-refractivity contribution in [2.45, 2.75) is 19.4 Å². The summed E-state index contributed by atoms with van der Waals surface area (Å²) in [5.74, 6) is 0.822. The number of nitrogens with zero attached hydrogens (tertiary/aromatic N) is 4. The van der Waals surface area contributed by atoms with E-state index in [1.165, 1.54) is 6.20 Å². The first-order chi connectivity index (χ1) is 6.81. The molecule has 7 nitrogen and oxygen atoms in total. The van der Waals surface area contributed by atoms with Crippen molar-refractivity contribution in [2.24, 2.45) is 5.73 Å². The monoisotopic (exact) mass is 194 g/mol. The highest BCUT2D eigenvalue weighted by Gasteiger charge is 2.14. The summed E-state index contributed by atoms with van der Waals surface area (Å²) < 4.78 is 4.97. The third-order valence-corrected chi connectivity index (χ3v) is 1.85. The van der Waals surface area contributed by atoms with Crippen LogP contribution in [0.3, 0.4) is 0 Å². The molecule has 74 valence electrons. The third-order valence-electron chi connectivity index (χ3n) is 1.85. The second-order valence-corrected chi connectivity index (χ2v) is 2.83. The van der Waals surface area contributed by atoms with Gasteiger partial charge in [0.05, 0.1) is 12.2 Å². The maximum absolute atomic E-state index is 5.73. The van der Waals surface area contributed by atoms with Crippen LogP contribution in [-0.2, 0) is 0 Å². The topological polar surface area (TPSA) is 107 Å². The van der Waals surface area contributed by atoms with Crippen molar-refractivity contribution >= 4 is 0 Å². The van der Waals surface area contributed by atoms with Crippen molar-refractivity contribution in [3.63, 3.8) is 0 Å². The molecule has 2 rings (SSSR count). The molecule has 0 saturated heterocycles. The average Bonchev–Trinajstić information content (AvgIpc) is 2.86. The van der Waals surface area contributed by atoms with Crippen LogP contribution in [0.5, 0.6) is 0 Å². The highest BCUT2D eigenvalue weighted by molar-refractivity contribution is 5.42. The van der Waals surface area contributed by atoms with E-state index in [2.05, 4.69) is 25.6 Å². The third kappa shape index (κ3) is 1.49. The minimum atomic E-state index is -0.195. The summed E-state index contributed by atoms with van der Waals surface area (Å²) in [7, 11) is 0. The minimum absolute atomic E-state index is 0.195. The SMILES string of the molecule is CCC(N)c1noc(-c2cn[nH]n2)n1. The summed E-state index contributed by atoms with van der Waals surface area (Å²) in [5.41, 5.74) is 6.25. The summed E-state index contributed by atoms with van der Waals surface area (Å²) in [6.45, 7) is 1.96. The van der Waals surface area contributed by atoms with Crippen molar-refractivity contribution in [2.75, 3.05) is 0 Å². The molecular weight excluding hydrogens is 184 g/mol. The molecule has 7 heteroatoms. The maximum Gasteiger partial charge on any atom is 0.280 e. The molecule has 0 bridgehead atoms. The summed E-state index contributed by atoms with van der Waals surface area (Å²) >= 11 is 0. The van der Waals surface area contributed by atoms with E-state index in [-0.39, 0.29) is 6.04 Å². The number of aromatic amines is 1. The van der Waals surface area contributed by atoms with Crippen molar-refractivity contribution < 1.29 is 4.52 Å². The molecule has 2 aromatic heterocycles. The van der Waals surface area contributed by atoms with Crippen LogP contribution < -0.4 is 5.73 Å². The van der Waals surface area contributed by atoms with Gasteiger partial charge in [-0.3, -0.25) is 0 Å². The Morgan fingerprint density at radius 2 is 2.50 bits per heavy atom. The van der Waals surface area contributed by atoms with Gasteiger partial charge in [-0.15, -0.1) is 0 Å². The molecule has 0 aromatic carbocycles. The normalized spacial score (nSPS) is 13.0. The van der Waals surface area contributed by atoms with Crippen LogP contribution in [0.4, 0.5) is 0 Å². The minimum Gasteiger partial charge on any atom is -0.332 e. The lowest BCUT2D eigenvalue weighted by Crippen LogP contribution is -2.10. The first kappa shape index (κ1) is 8.82. The van der Waals surface area contributed by atoms with E-state index in [1.807, 2.05) is 6.92 Å². The van der Waals surface area contributed by atoms with Gasteiger partial charge in [0.25, 0.3) is 5.89 Å². The highest BCUT2D eigenvalue weighted by atomic mass is 16.5. The Morgan fingerprint density at radius 1 is 1.64 bits per heavy atom. The first-order valence-corrected chi connectivity index (χ1v) is 4.26. The Morgan fingerprint density at radius 3 is 3.14 bits per heavy atom. The molecule has 1 atom stereocenters. The van der Waals surface area contributed by atoms with Crippen molar-refractivity contribution in [3.8, 4) is 11.6 Å². The highest BCUT2D eigenvalue weighted by Crippen LogP contribution is 2.15. The molecule has 2 aromatic rings. The molecule has 0 spiro atoms. The standard InChI is InChI=1S/C7H10N6O/c1-2-4(8)6-10-7(14-12-6)5-3-9-13-11-5/h3-4H,2,8H2,1H3,(H,9,11,13). The Bertz CT molecular complexity index is 394. The van der Waals surface area contributed by atoms with Crippen LogP contribution in [0.15, 0.2) is 10.7 Å². The van der Waals surface area contributed by atoms with Gasteiger partial charge in [0.15, 0.2) is 11.5 Å². The predicted octanol–water partition coefficient (Wildman–Crippen LogP) is 0.264. The fourth-order valence-corrected chi connectivity index (χ4v) is 0.977. The zero-order valence-corrected chi connectivity index (χ0v) is 7.64. The van der Waals surface area contributed by atoms with Gasteiger partial charge < -0.3 is 10.3 Å². The lowest BCUT2D eigenvalue weighted by atomic mass is 10.2. The van der Waals surface area contributed by atoms with E-state index in [1.54, 1.807) is 0 Å². The molecule has 0 aliphatic carbocycles. The Labute approximate surface area is 79.7 Å². The molecule has 0 radical (unpaired) electrons. The number of H-pyrrole nitrogens is 1. The lowest BCUT2D eigenvalue weighted by molar-refractivity contribution is 0.414. The summed E-state index contributed by atoms with van der Waals surface area (Å²) in [5, 5.41) is 13.7. The Hall–Kier alpha value is -1.76. The zero-order valence-electron chi connectivity index (χ0n) is 7.64. The molecule has 0 aliphatic rings. The Kier molecular flexibility index (Phi) is 2.23. The van der Waals surface area contributed by atoms with E-state index in [9.17, 15) is 0 Å².